The molecule has 0 aliphatic carbocycles. The number of rotatable bonds is 3. The van der Waals surface area contributed by atoms with Crippen molar-refractivity contribution < 1.29 is 4.42 Å². The lowest BCUT2D eigenvalue weighted by molar-refractivity contribution is 0.166. The van der Waals surface area contributed by atoms with Crippen molar-refractivity contribution in [1.82, 2.24) is 14.5 Å². The SMILES string of the molecule is Cc1cccc(CN2CCCC(n3c(=O)oc4ccc(Cl)cc43)C2)n1. The molecule has 3 heterocycles. The average molecular weight is 358 g/mol. The summed E-state index contributed by atoms with van der Waals surface area (Å²) in [7, 11) is 0. The van der Waals surface area contributed by atoms with Crippen molar-refractivity contribution in [3.05, 3.63) is 63.4 Å². The number of hydrogen-bond donors (Lipinski definition) is 0. The maximum atomic E-state index is 12.4. The van der Waals surface area contributed by atoms with Crippen molar-refractivity contribution in [2.75, 3.05) is 13.1 Å². The van der Waals surface area contributed by atoms with Crippen LogP contribution in [0.25, 0.3) is 11.1 Å². The third-order valence-electron chi connectivity index (χ3n) is 4.75. The number of likely N-dealkylation sites (tertiary alicyclic amines) is 1. The van der Waals surface area contributed by atoms with Gasteiger partial charge in [-0.3, -0.25) is 14.5 Å². The molecule has 4 rings (SSSR count). The van der Waals surface area contributed by atoms with E-state index in [1.54, 1.807) is 16.7 Å². The Hall–Kier alpha value is -2.11. The molecule has 5 nitrogen and oxygen atoms in total. The van der Waals surface area contributed by atoms with Crippen LogP contribution in [-0.2, 0) is 6.54 Å². The van der Waals surface area contributed by atoms with Gasteiger partial charge in [-0.05, 0) is 56.6 Å². The van der Waals surface area contributed by atoms with Gasteiger partial charge >= 0.3 is 5.76 Å². The smallest absolute Gasteiger partial charge is 0.408 e. The van der Waals surface area contributed by atoms with Crippen LogP contribution in [0.2, 0.25) is 5.02 Å². The zero-order chi connectivity index (χ0) is 17.4. The van der Waals surface area contributed by atoms with E-state index in [4.69, 9.17) is 16.0 Å². The van der Waals surface area contributed by atoms with Gasteiger partial charge in [-0.2, -0.15) is 0 Å². The number of aryl methyl sites for hydroxylation is 1. The minimum atomic E-state index is -0.308. The van der Waals surface area contributed by atoms with Crippen LogP contribution in [-0.4, -0.2) is 27.5 Å². The summed E-state index contributed by atoms with van der Waals surface area (Å²) in [6.45, 7) is 4.61. The second-order valence-electron chi connectivity index (χ2n) is 6.65. The summed E-state index contributed by atoms with van der Waals surface area (Å²) in [5, 5.41) is 0.610. The molecule has 0 bridgehead atoms. The number of pyridine rings is 1. The molecule has 0 amide bonds. The third kappa shape index (κ3) is 3.34. The first-order chi connectivity index (χ1) is 12.1. The molecule has 0 N–H and O–H groups in total. The number of aromatic nitrogens is 2. The lowest BCUT2D eigenvalue weighted by Gasteiger charge is -2.32. The van der Waals surface area contributed by atoms with E-state index in [0.717, 1.165) is 49.4 Å². The number of halogens is 1. The molecule has 2 aromatic heterocycles. The highest BCUT2D eigenvalue weighted by Gasteiger charge is 2.25. The molecule has 0 radical (unpaired) electrons. The van der Waals surface area contributed by atoms with Gasteiger partial charge in [0.25, 0.3) is 0 Å². The van der Waals surface area contributed by atoms with Crippen LogP contribution in [0, 0.1) is 6.92 Å². The molecule has 25 heavy (non-hydrogen) atoms. The van der Waals surface area contributed by atoms with Crippen molar-refractivity contribution in [2.45, 2.75) is 32.4 Å². The van der Waals surface area contributed by atoms with Gasteiger partial charge in [-0.25, -0.2) is 4.79 Å². The molecule has 1 saturated heterocycles. The third-order valence-corrected chi connectivity index (χ3v) is 4.99. The molecule has 0 spiro atoms. The Labute approximate surface area is 150 Å². The Kier molecular flexibility index (Phi) is 4.36. The molecule has 130 valence electrons. The summed E-state index contributed by atoms with van der Waals surface area (Å²) >= 11 is 6.11. The number of benzene rings is 1. The molecule has 6 heteroatoms. The van der Waals surface area contributed by atoms with E-state index in [0.29, 0.717) is 10.6 Å². The molecule has 1 aliphatic heterocycles. The number of oxazole rings is 1. The summed E-state index contributed by atoms with van der Waals surface area (Å²) in [4.78, 5) is 19.3. The summed E-state index contributed by atoms with van der Waals surface area (Å²) in [5.74, 6) is -0.308. The first-order valence-electron chi connectivity index (χ1n) is 8.55. The van der Waals surface area contributed by atoms with Crippen molar-refractivity contribution in [2.24, 2.45) is 0 Å². The number of nitrogens with zero attached hydrogens (tertiary/aromatic N) is 3. The van der Waals surface area contributed by atoms with E-state index in [1.165, 1.54) is 0 Å². The molecule has 1 aliphatic rings. The number of hydrogen-bond acceptors (Lipinski definition) is 4. The second-order valence-corrected chi connectivity index (χ2v) is 7.09. The Morgan fingerprint density at radius 3 is 3.04 bits per heavy atom. The standard InChI is InChI=1S/C19H20ClN3O2/c1-13-4-2-5-15(21-13)11-22-9-3-6-16(12-22)23-17-10-14(20)7-8-18(17)25-19(23)24/h2,4-5,7-8,10,16H,3,6,9,11-12H2,1H3. The van der Waals surface area contributed by atoms with E-state index in [9.17, 15) is 4.79 Å². The predicted molar refractivity (Wildman–Crippen MR) is 98.0 cm³/mol. The number of piperidine rings is 1. The average Bonchev–Trinajstić information content (AvgIpc) is 2.90. The van der Waals surface area contributed by atoms with Gasteiger partial charge in [0.2, 0.25) is 0 Å². The second kappa shape index (κ2) is 6.65. The molecule has 1 unspecified atom stereocenters. The lowest BCUT2D eigenvalue weighted by Crippen LogP contribution is -2.38. The summed E-state index contributed by atoms with van der Waals surface area (Å²) in [6, 6.07) is 11.5. The molecule has 0 saturated carbocycles. The monoisotopic (exact) mass is 357 g/mol. The van der Waals surface area contributed by atoms with Crippen molar-refractivity contribution in [3.63, 3.8) is 0 Å². The zero-order valence-electron chi connectivity index (χ0n) is 14.1. The molecule has 1 fully saturated rings. The normalized spacial score (nSPS) is 18.7. The molecule has 1 aromatic carbocycles. The predicted octanol–water partition coefficient (Wildman–Crippen LogP) is 3.79. The molecule has 3 aromatic rings. The van der Waals surface area contributed by atoms with Crippen LogP contribution < -0.4 is 5.76 Å². The van der Waals surface area contributed by atoms with Crippen LogP contribution in [0.4, 0.5) is 0 Å². The van der Waals surface area contributed by atoms with Gasteiger partial charge in [0.15, 0.2) is 5.58 Å². The van der Waals surface area contributed by atoms with E-state index < -0.39 is 0 Å². The fourth-order valence-electron chi connectivity index (χ4n) is 3.65. The topological polar surface area (TPSA) is 51.3 Å². The Bertz CT molecular complexity index is 963. The van der Waals surface area contributed by atoms with Crippen molar-refractivity contribution >= 4 is 22.7 Å². The highest BCUT2D eigenvalue weighted by molar-refractivity contribution is 6.31. The van der Waals surface area contributed by atoms with Crippen molar-refractivity contribution in [1.29, 1.82) is 0 Å². The van der Waals surface area contributed by atoms with Crippen molar-refractivity contribution in [3.8, 4) is 0 Å². The van der Waals surface area contributed by atoms with Gasteiger partial charge in [-0.1, -0.05) is 17.7 Å². The summed E-state index contributed by atoms with van der Waals surface area (Å²) in [5.41, 5.74) is 3.45. The van der Waals surface area contributed by atoms with E-state index >= 15 is 0 Å². The zero-order valence-corrected chi connectivity index (χ0v) is 14.9. The van der Waals surface area contributed by atoms with E-state index in [1.807, 2.05) is 25.1 Å². The van der Waals surface area contributed by atoms with Crippen LogP contribution in [0.3, 0.4) is 0 Å². The Balaban J connectivity index is 1.60. The van der Waals surface area contributed by atoms with Crippen LogP contribution in [0.15, 0.2) is 45.6 Å². The highest BCUT2D eigenvalue weighted by Crippen LogP contribution is 2.27. The molecular weight excluding hydrogens is 338 g/mol. The maximum absolute atomic E-state index is 12.4. The first-order valence-corrected chi connectivity index (χ1v) is 8.93. The quantitative estimate of drug-likeness (QED) is 0.715. The van der Waals surface area contributed by atoms with Gasteiger partial charge in [0.1, 0.15) is 0 Å². The minimum Gasteiger partial charge on any atom is -0.408 e. The summed E-state index contributed by atoms with van der Waals surface area (Å²) in [6.07, 6.45) is 2.00. The minimum absolute atomic E-state index is 0.0887. The fourth-order valence-corrected chi connectivity index (χ4v) is 3.82. The van der Waals surface area contributed by atoms with Crippen LogP contribution >= 0.6 is 11.6 Å². The van der Waals surface area contributed by atoms with Gasteiger partial charge < -0.3 is 4.42 Å². The lowest BCUT2D eigenvalue weighted by atomic mass is 10.0. The number of fused-ring (bicyclic) bond motifs is 1. The van der Waals surface area contributed by atoms with Crippen LogP contribution in [0.5, 0.6) is 0 Å². The van der Waals surface area contributed by atoms with Gasteiger partial charge in [0, 0.05) is 23.8 Å². The summed E-state index contributed by atoms with van der Waals surface area (Å²) < 4.78 is 7.16. The largest absolute Gasteiger partial charge is 0.420 e. The highest BCUT2D eigenvalue weighted by atomic mass is 35.5. The van der Waals surface area contributed by atoms with E-state index in [2.05, 4.69) is 16.0 Å². The maximum Gasteiger partial charge on any atom is 0.420 e. The van der Waals surface area contributed by atoms with Gasteiger partial charge in [0.05, 0.1) is 17.3 Å². The molecular formula is C19H20ClN3O2. The molecule has 1 atom stereocenters. The van der Waals surface area contributed by atoms with Gasteiger partial charge in [-0.15, -0.1) is 0 Å². The van der Waals surface area contributed by atoms with E-state index in [-0.39, 0.29) is 11.8 Å². The Morgan fingerprint density at radius 1 is 1.32 bits per heavy atom. The Morgan fingerprint density at radius 2 is 2.20 bits per heavy atom. The fraction of sp³-hybridized carbons (Fsp3) is 0.368. The first kappa shape index (κ1) is 16.4. The van der Waals surface area contributed by atoms with Crippen LogP contribution in [0.1, 0.15) is 30.3 Å².